The van der Waals surface area contributed by atoms with Crippen molar-refractivity contribution in [1.29, 1.82) is 0 Å². The van der Waals surface area contributed by atoms with E-state index in [0.29, 0.717) is 35.7 Å². The Morgan fingerprint density at radius 3 is 2.81 bits per heavy atom. The number of aromatic nitrogens is 3. The van der Waals surface area contributed by atoms with Gasteiger partial charge in [-0.2, -0.15) is 0 Å². The summed E-state index contributed by atoms with van der Waals surface area (Å²) in [5.74, 6) is -0.151. The maximum absolute atomic E-state index is 13.5. The molecule has 0 saturated carbocycles. The number of para-hydroxylation sites is 2. The number of rotatable bonds is 5. The van der Waals surface area contributed by atoms with E-state index in [1.165, 1.54) is 47.5 Å². The van der Waals surface area contributed by atoms with Gasteiger partial charge in [0.1, 0.15) is 5.65 Å². The number of hydrogen-bond acceptors (Lipinski definition) is 8. The van der Waals surface area contributed by atoms with Gasteiger partial charge in [-0.25, -0.2) is 9.97 Å². The molecule has 166 valence electrons. The first-order chi connectivity index (χ1) is 15.4. The van der Waals surface area contributed by atoms with E-state index in [2.05, 4.69) is 9.97 Å². The predicted octanol–water partition coefficient (Wildman–Crippen LogP) is 3.40. The van der Waals surface area contributed by atoms with Gasteiger partial charge < -0.3 is 9.64 Å². The molecule has 0 bridgehead atoms. The predicted molar refractivity (Wildman–Crippen MR) is 119 cm³/mol. The van der Waals surface area contributed by atoms with Crippen molar-refractivity contribution in [3.05, 3.63) is 57.0 Å². The van der Waals surface area contributed by atoms with E-state index in [1.54, 1.807) is 17.2 Å². The van der Waals surface area contributed by atoms with Crippen molar-refractivity contribution in [2.24, 2.45) is 0 Å². The zero-order valence-electron chi connectivity index (χ0n) is 17.6. The number of nitro groups is 1. The van der Waals surface area contributed by atoms with Crippen LogP contribution in [-0.4, -0.2) is 49.6 Å². The fourth-order valence-corrected chi connectivity index (χ4v) is 4.19. The topological polar surface area (TPSA) is 120 Å². The summed E-state index contributed by atoms with van der Waals surface area (Å²) in [4.78, 5) is 46.8. The molecule has 0 radical (unpaired) electrons. The molecule has 0 N–H and O–H groups in total. The van der Waals surface area contributed by atoms with Gasteiger partial charge in [0.15, 0.2) is 10.9 Å². The average molecular weight is 455 g/mol. The summed E-state index contributed by atoms with van der Waals surface area (Å²) >= 11 is 1.35. The van der Waals surface area contributed by atoms with Crippen LogP contribution in [0.2, 0.25) is 0 Å². The number of hydrogen-bond donors (Lipinski definition) is 0. The molecule has 32 heavy (non-hydrogen) atoms. The summed E-state index contributed by atoms with van der Waals surface area (Å²) in [5.41, 5.74) is -0.260. The van der Waals surface area contributed by atoms with Crippen LogP contribution in [0.25, 0.3) is 11.0 Å². The Kier molecular flexibility index (Phi) is 6.08. The normalized spacial score (nSPS) is 16.2. The summed E-state index contributed by atoms with van der Waals surface area (Å²) in [5, 5.41) is 12.5. The second kappa shape index (κ2) is 8.95. The van der Waals surface area contributed by atoms with Crippen LogP contribution in [0.1, 0.15) is 25.8 Å². The third-order valence-corrected chi connectivity index (χ3v) is 5.95. The van der Waals surface area contributed by atoms with Crippen molar-refractivity contribution >= 4 is 34.4 Å². The van der Waals surface area contributed by atoms with Gasteiger partial charge in [-0.05, 0) is 31.2 Å². The Labute approximate surface area is 187 Å². The molecule has 1 unspecified atom stereocenters. The summed E-state index contributed by atoms with van der Waals surface area (Å²) in [6, 6.07) is 7.08. The van der Waals surface area contributed by atoms with Crippen LogP contribution >= 0.6 is 11.8 Å². The smallest absolute Gasteiger partial charge is 0.311 e. The van der Waals surface area contributed by atoms with Crippen LogP contribution < -0.4 is 10.3 Å². The minimum Gasteiger partial charge on any atom is -0.444 e. The van der Waals surface area contributed by atoms with Crippen LogP contribution in [0.15, 0.2) is 46.5 Å². The fourth-order valence-electron chi connectivity index (χ4n) is 3.85. The van der Waals surface area contributed by atoms with E-state index in [0.717, 1.165) is 6.42 Å². The number of carbonyl (C=O) groups is 1. The number of benzene rings is 1. The molecule has 0 aliphatic carbocycles. The molecule has 1 aliphatic heterocycles. The number of piperidine rings is 1. The molecule has 10 nitrogen and oxygen atoms in total. The molecular formula is C21H21N5O5S. The number of fused-ring (bicyclic) bond motifs is 1. The Morgan fingerprint density at radius 1 is 1.31 bits per heavy atom. The number of pyridine rings is 1. The molecule has 3 heterocycles. The Bertz CT molecular complexity index is 1260. The van der Waals surface area contributed by atoms with Crippen LogP contribution in [0.3, 0.4) is 0 Å². The molecule has 1 aromatic carbocycles. The molecule has 1 aliphatic rings. The van der Waals surface area contributed by atoms with Gasteiger partial charge in [0, 0.05) is 37.7 Å². The first-order valence-corrected chi connectivity index (χ1v) is 11.2. The van der Waals surface area contributed by atoms with Gasteiger partial charge in [-0.3, -0.25) is 24.3 Å². The first kappa shape index (κ1) is 21.8. The zero-order valence-corrected chi connectivity index (χ0v) is 18.4. The third kappa shape index (κ3) is 4.15. The van der Waals surface area contributed by atoms with Gasteiger partial charge in [0.2, 0.25) is 11.7 Å². The molecule has 3 aromatic rings. The molecule has 0 spiro atoms. The Morgan fingerprint density at radius 2 is 2.09 bits per heavy atom. The van der Waals surface area contributed by atoms with Crippen LogP contribution in [-0.2, 0) is 4.79 Å². The highest BCUT2D eigenvalue weighted by atomic mass is 32.2. The number of carbonyl (C=O) groups excluding carboxylic acids is 1. The lowest BCUT2D eigenvalue weighted by molar-refractivity contribution is -0.385. The van der Waals surface area contributed by atoms with Crippen LogP contribution in [0.5, 0.6) is 11.5 Å². The van der Waals surface area contributed by atoms with Crippen LogP contribution in [0, 0.1) is 10.1 Å². The lowest BCUT2D eigenvalue weighted by Gasteiger charge is -2.33. The van der Waals surface area contributed by atoms with Crippen molar-refractivity contribution in [3.8, 4) is 11.5 Å². The molecule has 1 fully saturated rings. The lowest BCUT2D eigenvalue weighted by Crippen LogP contribution is -2.42. The standard InChI is InChI=1S/C21H21N5O5S/c1-13(27)24-9-5-6-15(12-24)25-19-14(11-22-21(23-19)32-2)10-18(20(25)28)31-17-8-4-3-7-16(17)26(29)30/h3-4,7-8,10-11,15H,5-6,9,12H2,1-2H3. The van der Waals surface area contributed by atoms with Gasteiger partial charge in [-0.1, -0.05) is 23.9 Å². The molecule has 1 amide bonds. The van der Waals surface area contributed by atoms with Crippen molar-refractivity contribution in [1.82, 2.24) is 19.4 Å². The van der Waals surface area contributed by atoms with E-state index in [9.17, 15) is 19.7 Å². The summed E-state index contributed by atoms with van der Waals surface area (Å²) in [6.07, 6.45) is 4.87. The van der Waals surface area contributed by atoms with Crippen molar-refractivity contribution in [2.75, 3.05) is 19.3 Å². The number of amides is 1. The Balaban J connectivity index is 1.87. The third-order valence-electron chi connectivity index (χ3n) is 5.39. The van der Waals surface area contributed by atoms with E-state index >= 15 is 0 Å². The van der Waals surface area contributed by atoms with Gasteiger partial charge in [0.25, 0.3) is 5.56 Å². The van der Waals surface area contributed by atoms with E-state index < -0.39 is 10.5 Å². The van der Waals surface area contributed by atoms with Crippen molar-refractivity contribution in [2.45, 2.75) is 31.0 Å². The molecule has 11 heteroatoms. The lowest BCUT2D eigenvalue weighted by atomic mass is 10.0. The van der Waals surface area contributed by atoms with Gasteiger partial charge in [-0.15, -0.1) is 0 Å². The molecular weight excluding hydrogens is 434 g/mol. The number of likely N-dealkylation sites (tertiary alicyclic amines) is 1. The average Bonchev–Trinajstić information content (AvgIpc) is 2.79. The van der Waals surface area contributed by atoms with Gasteiger partial charge >= 0.3 is 5.69 Å². The minimum absolute atomic E-state index is 0.0313. The SMILES string of the molecule is CSc1ncc2cc(Oc3ccccc3[N+](=O)[O-])c(=O)n(C3CCCN(C(C)=O)C3)c2n1. The highest BCUT2D eigenvalue weighted by Crippen LogP contribution is 2.32. The van der Waals surface area contributed by atoms with Crippen molar-refractivity contribution in [3.63, 3.8) is 0 Å². The highest BCUT2D eigenvalue weighted by Gasteiger charge is 2.27. The van der Waals surface area contributed by atoms with Crippen LogP contribution in [0.4, 0.5) is 5.69 Å². The number of nitro benzene ring substituents is 1. The van der Waals surface area contributed by atoms with Crippen molar-refractivity contribution < 1.29 is 14.5 Å². The fraction of sp³-hybridized carbons (Fsp3) is 0.333. The van der Waals surface area contributed by atoms with Gasteiger partial charge in [0.05, 0.1) is 11.0 Å². The molecule has 1 saturated heterocycles. The van der Waals surface area contributed by atoms with E-state index in [4.69, 9.17) is 4.74 Å². The maximum Gasteiger partial charge on any atom is 0.311 e. The highest BCUT2D eigenvalue weighted by molar-refractivity contribution is 7.98. The summed E-state index contributed by atoms with van der Waals surface area (Å²) in [7, 11) is 0. The monoisotopic (exact) mass is 455 g/mol. The summed E-state index contributed by atoms with van der Waals surface area (Å²) in [6.45, 7) is 2.51. The zero-order chi connectivity index (χ0) is 22.8. The number of nitrogens with zero attached hydrogens (tertiary/aromatic N) is 5. The first-order valence-electron chi connectivity index (χ1n) is 10.0. The molecule has 2 aromatic heterocycles. The molecule has 4 rings (SSSR count). The second-order valence-electron chi connectivity index (χ2n) is 7.41. The summed E-state index contributed by atoms with van der Waals surface area (Å²) < 4.78 is 7.29. The van der Waals surface area contributed by atoms with E-state index in [-0.39, 0.29) is 29.1 Å². The quantitative estimate of drug-likeness (QED) is 0.248. The number of thioether (sulfide) groups is 1. The molecule has 1 atom stereocenters. The largest absolute Gasteiger partial charge is 0.444 e. The second-order valence-corrected chi connectivity index (χ2v) is 8.18. The minimum atomic E-state index is -0.561. The maximum atomic E-state index is 13.5. The number of ether oxygens (including phenoxy) is 1. The Hall–Kier alpha value is -3.47. The van der Waals surface area contributed by atoms with E-state index in [1.807, 2.05) is 6.26 Å².